The van der Waals surface area contributed by atoms with Crippen molar-refractivity contribution >= 4 is 16.5 Å². The van der Waals surface area contributed by atoms with E-state index in [1.807, 2.05) is 23.8 Å². The van der Waals surface area contributed by atoms with E-state index < -0.39 is 0 Å². The van der Waals surface area contributed by atoms with Crippen LogP contribution in [0.15, 0.2) is 30.0 Å². The number of nitrogens with one attached hydrogen (secondary N) is 1. The third kappa shape index (κ3) is 2.09. The number of aromatic nitrogens is 2. The topological polar surface area (TPSA) is 37.8 Å². The first-order valence-corrected chi connectivity index (χ1v) is 5.27. The molecule has 0 spiro atoms. The second-order valence-corrected chi connectivity index (χ2v) is 3.89. The fraction of sp³-hybridized carbons (Fsp3) is 0.200. The number of hydrogen-bond donors (Lipinski definition) is 1. The Balaban J connectivity index is 2.02. The molecule has 2 heterocycles. The van der Waals surface area contributed by atoms with Crippen LogP contribution in [0.1, 0.15) is 11.1 Å². The van der Waals surface area contributed by atoms with Gasteiger partial charge in [0.1, 0.15) is 0 Å². The van der Waals surface area contributed by atoms with Crippen molar-refractivity contribution in [3.63, 3.8) is 0 Å². The Bertz CT molecular complexity index is 398. The highest BCUT2D eigenvalue weighted by Crippen LogP contribution is 2.13. The number of rotatable bonds is 3. The molecule has 2 aromatic heterocycles. The molecule has 3 nitrogen and oxygen atoms in total. The molecule has 0 aliphatic rings. The van der Waals surface area contributed by atoms with Crippen LogP contribution in [0.25, 0.3) is 0 Å². The molecule has 72 valence electrons. The highest BCUT2D eigenvalue weighted by Gasteiger charge is 1.98. The van der Waals surface area contributed by atoms with Crippen LogP contribution < -0.4 is 5.32 Å². The second-order valence-electron chi connectivity index (χ2n) is 2.99. The summed E-state index contributed by atoms with van der Waals surface area (Å²) in [6, 6.07) is 2.02. The van der Waals surface area contributed by atoms with Crippen LogP contribution in [0.4, 0.5) is 5.13 Å². The molecule has 0 fully saturated rings. The molecule has 0 amide bonds. The SMILES string of the molecule is Cc1cnccc1CNc1nccs1. The molecule has 4 heteroatoms. The summed E-state index contributed by atoms with van der Waals surface area (Å²) in [6.07, 6.45) is 5.48. The minimum atomic E-state index is 0.807. The minimum absolute atomic E-state index is 0.807. The summed E-state index contributed by atoms with van der Waals surface area (Å²) < 4.78 is 0. The summed E-state index contributed by atoms with van der Waals surface area (Å²) in [5.41, 5.74) is 2.46. The number of nitrogens with zero attached hydrogens (tertiary/aromatic N) is 2. The van der Waals surface area contributed by atoms with Gasteiger partial charge in [0.25, 0.3) is 0 Å². The van der Waals surface area contributed by atoms with Crippen LogP contribution in [0.2, 0.25) is 0 Å². The highest BCUT2D eigenvalue weighted by molar-refractivity contribution is 7.13. The number of pyridine rings is 1. The Labute approximate surface area is 86.8 Å². The summed E-state index contributed by atoms with van der Waals surface area (Å²) in [5, 5.41) is 6.18. The first-order chi connectivity index (χ1) is 6.86. The molecule has 2 aromatic rings. The first kappa shape index (κ1) is 9.15. The maximum absolute atomic E-state index is 4.15. The van der Waals surface area contributed by atoms with Crippen molar-refractivity contribution in [3.05, 3.63) is 41.2 Å². The maximum Gasteiger partial charge on any atom is 0.182 e. The van der Waals surface area contributed by atoms with Crippen LogP contribution in [0, 0.1) is 6.92 Å². The van der Waals surface area contributed by atoms with Gasteiger partial charge in [0.15, 0.2) is 5.13 Å². The van der Waals surface area contributed by atoms with Gasteiger partial charge in [0.2, 0.25) is 0 Å². The lowest BCUT2D eigenvalue weighted by atomic mass is 10.2. The molecule has 0 saturated heterocycles. The Morgan fingerprint density at radius 1 is 1.43 bits per heavy atom. The summed E-state index contributed by atoms with van der Waals surface area (Å²) >= 11 is 1.61. The summed E-state index contributed by atoms with van der Waals surface area (Å²) in [7, 11) is 0. The fourth-order valence-corrected chi connectivity index (χ4v) is 1.71. The van der Waals surface area contributed by atoms with Crippen molar-refractivity contribution in [1.82, 2.24) is 9.97 Å². The van der Waals surface area contributed by atoms with Crippen molar-refractivity contribution in [2.75, 3.05) is 5.32 Å². The second kappa shape index (κ2) is 4.19. The third-order valence-corrected chi connectivity index (χ3v) is 2.73. The van der Waals surface area contributed by atoms with Crippen LogP contribution >= 0.6 is 11.3 Å². The molecule has 0 aliphatic carbocycles. The molecule has 2 rings (SSSR count). The molecule has 14 heavy (non-hydrogen) atoms. The summed E-state index contributed by atoms with van der Waals surface area (Å²) in [5.74, 6) is 0. The van der Waals surface area contributed by atoms with Gasteiger partial charge in [-0.25, -0.2) is 4.98 Å². The van der Waals surface area contributed by atoms with Crippen LogP contribution in [0.5, 0.6) is 0 Å². The van der Waals surface area contributed by atoms with Crippen LogP contribution in [-0.4, -0.2) is 9.97 Å². The number of thiazole rings is 1. The van der Waals surface area contributed by atoms with E-state index in [1.54, 1.807) is 17.5 Å². The van der Waals surface area contributed by atoms with Gasteiger partial charge < -0.3 is 5.32 Å². The lowest BCUT2D eigenvalue weighted by Gasteiger charge is -2.05. The zero-order valence-electron chi connectivity index (χ0n) is 7.90. The Morgan fingerprint density at radius 2 is 2.36 bits per heavy atom. The van der Waals surface area contributed by atoms with Crippen molar-refractivity contribution in [2.24, 2.45) is 0 Å². The lowest BCUT2D eigenvalue weighted by Crippen LogP contribution is -2.00. The van der Waals surface area contributed by atoms with Crippen LogP contribution in [0.3, 0.4) is 0 Å². The van der Waals surface area contributed by atoms with Gasteiger partial charge in [-0.05, 0) is 24.1 Å². The zero-order chi connectivity index (χ0) is 9.80. The lowest BCUT2D eigenvalue weighted by molar-refractivity contribution is 1.08. The van der Waals surface area contributed by atoms with E-state index >= 15 is 0 Å². The summed E-state index contributed by atoms with van der Waals surface area (Å²) in [6.45, 7) is 2.87. The van der Waals surface area contributed by atoms with E-state index in [2.05, 4.69) is 22.2 Å². The predicted molar refractivity (Wildman–Crippen MR) is 58.4 cm³/mol. The number of anilines is 1. The van der Waals surface area contributed by atoms with Gasteiger partial charge in [-0.3, -0.25) is 4.98 Å². The molecule has 0 bridgehead atoms. The van der Waals surface area contributed by atoms with Gasteiger partial charge in [0, 0.05) is 30.5 Å². The Morgan fingerprint density at radius 3 is 3.07 bits per heavy atom. The van der Waals surface area contributed by atoms with Crippen molar-refractivity contribution in [2.45, 2.75) is 13.5 Å². The quantitative estimate of drug-likeness (QED) is 0.836. The normalized spacial score (nSPS) is 10.1. The average Bonchev–Trinajstić information content (AvgIpc) is 2.69. The molecule has 0 aliphatic heterocycles. The number of aryl methyl sites for hydroxylation is 1. The molecule has 0 atom stereocenters. The summed E-state index contributed by atoms with van der Waals surface area (Å²) in [4.78, 5) is 8.20. The maximum atomic E-state index is 4.15. The number of hydrogen-bond acceptors (Lipinski definition) is 4. The molecular weight excluding hydrogens is 194 g/mol. The van der Waals surface area contributed by atoms with Gasteiger partial charge in [0.05, 0.1) is 0 Å². The molecule has 0 unspecified atom stereocenters. The van der Waals surface area contributed by atoms with Gasteiger partial charge in [-0.15, -0.1) is 11.3 Å². The van der Waals surface area contributed by atoms with Crippen molar-refractivity contribution < 1.29 is 0 Å². The Hall–Kier alpha value is -1.42. The van der Waals surface area contributed by atoms with E-state index in [0.29, 0.717) is 0 Å². The molecule has 0 saturated carbocycles. The first-order valence-electron chi connectivity index (χ1n) is 4.39. The highest BCUT2D eigenvalue weighted by atomic mass is 32.1. The standard InChI is InChI=1S/C10H11N3S/c1-8-6-11-3-2-9(8)7-13-10-12-4-5-14-10/h2-6H,7H2,1H3,(H,12,13). The van der Waals surface area contributed by atoms with E-state index in [1.165, 1.54) is 11.1 Å². The van der Waals surface area contributed by atoms with Crippen molar-refractivity contribution in [3.8, 4) is 0 Å². The third-order valence-electron chi connectivity index (χ3n) is 2.00. The smallest absolute Gasteiger partial charge is 0.182 e. The molecule has 0 aromatic carbocycles. The predicted octanol–water partition coefficient (Wildman–Crippen LogP) is 2.46. The largest absolute Gasteiger partial charge is 0.357 e. The van der Waals surface area contributed by atoms with Crippen LogP contribution in [-0.2, 0) is 6.54 Å². The molecular formula is C10H11N3S. The van der Waals surface area contributed by atoms with Gasteiger partial charge in [-0.1, -0.05) is 0 Å². The average molecular weight is 205 g/mol. The monoisotopic (exact) mass is 205 g/mol. The minimum Gasteiger partial charge on any atom is -0.357 e. The van der Waals surface area contributed by atoms with E-state index in [9.17, 15) is 0 Å². The van der Waals surface area contributed by atoms with Crippen molar-refractivity contribution in [1.29, 1.82) is 0 Å². The Kier molecular flexibility index (Phi) is 2.74. The molecule has 0 radical (unpaired) electrons. The molecule has 1 N–H and O–H groups in total. The zero-order valence-corrected chi connectivity index (χ0v) is 8.71. The van der Waals surface area contributed by atoms with E-state index in [4.69, 9.17) is 0 Å². The van der Waals surface area contributed by atoms with Gasteiger partial charge >= 0.3 is 0 Å². The van der Waals surface area contributed by atoms with E-state index in [0.717, 1.165) is 11.7 Å². The van der Waals surface area contributed by atoms with Gasteiger partial charge in [-0.2, -0.15) is 0 Å². The van der Waals surface area contributed by atoms with E-state index in [-0.39, 0.29) is 0 Å². The fourth-order valence-electron chi connectivity index (χ4n) is 1.18.